The number of aromatic nitrogens is 2. The molecule has 8 heteroatoms. The maximum absolute atomic E-state index is 13.7. The van der Waals surface area contributed by atoms with Crippen molar-refractivity contribution in [1.82, 2.24) is 19.4 Å². The Bertz CT molecular complexity index is 973. The Morgan fingerprint density at radius 3 is 2.48 bits per heavy atom. The summed E-state index contributed by atoms with van der Waals surface area (Å²) in [4.78, 5) is 21.7. The van der Waals surface area contributed by atoms with Gasteiger partial charge >= 0.3 is 6.09 Å². The molecule has 0 N–H and O–H groups in total. The van der Waals surface area contributed by atoms with E-state index in [1.807, 2.05) is 20.8 Å². The third kappa shape index (κ3) is 6.07. The molecular formula is C25H34ClFN4O2. The highest BCUT2D eigenvalue weighted by Crippen LogP contribution is 2.32. The number of halogens is 2. The lowest BCUT2D eigenvalue weighted by Gasteiger charge is -2.33. The number of likely N-dealkylation sites (tertiary alicyclic amines) is 2. The van der Waals surface area contributed by atoms with Crippen LogP contribution >= 0.6 is 11.6 Å². The van der Waals surface area contributed by atoms with Gasteiger partial charge in [-0.15, -0.1) is 0 Å². The van der Waals surface area contributed by atoms with Gasteiger partial charge in [0, 0.05) is 43.9 Å². The van der Waals surface area contributed by atoms with Crippen molar-refractivity contribution in [3.05, 3.63) is 41.1 Å². The minimum absolute atomic E-state index is 0.103. The molecule has 1 aromatic heterocycles. The van der Waals surface area contributed by atoms with E-state index in [4.69, 9.17) is 21.3 Å². The summed E-state index contributed by atoms with van der Waals surface area (Å²) in [7, 11) is 0. The van der Waals surface area contributed by atoms with E-state index < -0.39 is 11.4 Å². The molecule has 0 aliphatic carbocycles. The molecule has 0 spiro atoms. The molecule has 4 rings (SSSR count). The fourth-order valence-corrected chi connectivity index (χ4v) is 4.81. The van der Waals surface area contributed by atoms with Crippen LogP contribution in [0.5, 0.6) is 0 Å². The number of hydrogen-bond acceptors (Lipinski definition) is 4. The van der Waals surface area contributed by atoms with Gasteiger partial charge in [-0.25, -0.2) is 14.2 Å². The van der Waals surface area contributed by atoms with Gasteiger partial charge in [0.05, 0.1) is 10.7 Å². The largest absolute Gasteiger partial charge is 0.444 e. The predicted octanol–water partition coefficient (Wildman–Crippen LogP) is 5.55. The van der Waals surface area contributed by atoms with Gasteiger partial charge in [0.2, 0.25) is 0 Å². The molecule has 2 saturated heterocycles. The Morgan fingerprint density at radius 1 is 1.15 bits per heavy atom. The van der Waals surface area contributed by atoms with Crippen LogP contribution in [0.25, 0.3) is 11.3 Å². The molecule has 2 fully saturated rings. The van der Waals surface area contributed by atoms with Gasteiger partial charge in [-0.05, 0) is 77.7 Å². The first-order valence-corrected chi connectivity index (χ1v) is 12.3. The first-order chi connectivity index (χ1) is 15.7. The Balaban J connectivity index is 1.51. The van der Waals surface area contributed by atoms with Crippen molar-refractivity contribution in [2.75, 3.05) is 32.7 Å². The van der Waals surface area contributed by atoms with Crippen LogP contribution in [0, 0.1) is 5.82 Å². The van der Waals surface area contributed by atoms with E-state index in [0.717, 1.165) is 56.1 Å². The molecule has 33 heavy (non-hydrogen) atoms. The number of benzene rings is 1. The molecule has 180 valence electrons. The van der Waals surface area contributed by atoms with Crippen molar-refractivity contribution in [1.29, 1.82) is 0 Å². The van der Waals surface area contributed by atoms with Gasteiger partial charge in [-0.3, -0.25) is 0 Å². The lowest BCUT2D eigenvalue weighted by molar-refractivity contribution is 0.0202. The summed E-state index contributed by atoms with van der Waals surface area (Å²) >= 11 is 6.03. The summed E-state index contributed by atoms with van der Waals surface area (Å²) in [6.07, 6.45) is 6.01. The highest BCUT2D eigenvalue weighted by atomic mass is 35.5. The third-order valence-corrected chi connectivity index (χ3v) is 6.68. The van der Waals surface area contributed by atoms with Gasteiger partial charge in [-0.1, -0.05) is 11.6 Å². The predicted molar refractivity (Wildman–Crippen MR) is 128 cm³/mol. The number of ether oxygens (including phenoxy) is 1. The van der Waals surface area contributed by atoms with Crippen LogP contribution in [-0.2, 0) is 11.3 Å². The molecule has 0 atom stereocenters. The van der Waals surface area contributed by atoms with Crippen molar-refractivity contribution in [3.63, 3.8) is 0 Å². The number of carbonyl (C=O) groups excluding carboxylic acids is 1. The highest BCUT2D eigenvalue weighted by molar-refractivity contribution is 6.31. The number of carbonyl (C=O) groups is 1. The van der Waals surface area contributed by atoms with Crippen LogP contribution in [0.4, 0.5) is 9.18 Å². The number of rotatable bonds is 5. The quantitative estimate of drug-likeness (QED) is 0.567. The second-order valence-electron chi connectivity index (χ2n) is 10.1. The maximum atomic E-state index is 13.7. The average Bonchev–Trinajstić information content (AvgIpc) is 3.43. The molecule has 1 amide bonds. The summed E-state index contributed by atoms with van der Waals surface area (Å²) in [5.74, 6) is 0.865. The van der Waals surface area contributed by atoms with E-state index in [1.165, 1.54) is 18.9 Å². The fourth-order valence-electron chi connectivity index (χ4n) is 4.63. The van der Waals surface area contributed by atoms with E-state index in [9.17, 15) is 9.18 Å². The maximum Gasteiger partial charge on any atom is 0.410 e. The van der Waals surface area contributed by atoms with E-state index in [-0.39, 0.29) is 17.0 Å². The Morgan fingerprint density at radius 2 is 1.85 bits per heavy atom. The zero-order valence-corrected chi connectivity index (χ0v) is 20.6. The Kier molecular flexibility index (Phi) is 7.29. The van der Waals surface area contributed by atoms with Crippen LogP contribution in [0.15, 0.2) is 24.4 Å². The van der Waals surface area contributed by atoms with Gasteiger partial charge in [0.1, 0.15) is 17.2 Å². The second-order valence-corrected chi connectivity index (χ2v) is 10.5. The molecule has 6 nitrogen and oxygen atoms in total. The van der Waals surface area contributed by atoms with Gasteiger partial charge in [-0.2, -0.15) is 0 Å². The molecule has 2 aromatic rings. The molecule has 2 aliphatic rings. The number of amides is 1. The standard InChI is InChI=1S/C25H34ClFN4O2/c1-25(2,3)33-24(32)30-12-8-18(9-13-30)23-28-22(19-6-7-21(27)20(26)16-19)17-31(23)15-14-29-10-4-5-11-29/h6-7,16-18H,4-5,8-15H2,1-3H3. The molecule has 0 unspecified atom stereocenters. The zero-order chi connectivity index (χ0) is 23.6. The van der Waals surface area contributed by atoms with E-state index >= 15 is 0 Å². The van der Waals surface area contributed by atoms with Crippen molar-refractivity contribution in [3.8, 4) is 11.3 Å². The van der Waals surface area contributed by atoms with Crippen molar-refractivity contribution >= 4 is 17.7 Å². The van der Waals surface area contributed by atoms with E-state index in [1.54, 1.807) is 17.0 Å². The highest BCUT2D eigenvalue weighted by Gasteiger charge is 2.30. The lowest BCUT2D eigenvalue weighted by Crippen LogP contribution is -2.41. The summed E-state index contributed by atoms with van der Waals surface area (Å²) in [6.45, 7) is 11.1. The summed E-state index contributed by atoms with van der Waals surface area (Å²) < 4.78 is 21.5. The van der Waals surface area contributed by atoms with Gasteiger partial charge in [0.15, 0.2) is 0 Å². The average molecular weight is 477 g/mol. The first kappa shape index (κ1) is 24.0. The van der Waals surface area contributed by atoms with Gasteiger partial charge < -0.3 is 19.1 Å². The monoisotopic (exact) mass is 476 g/mol. The van der Waals surface area contributed by atoms with Crippen molar-refractivity contribution in [2.24, 2.45) is 0 Å². The Hall–Kier alpha value is -2.12. The van der Waals surface area contributed by atoms with Crippen LogP contribution in [0.3, 0.4) is 0 Å². The third-order valence-electron chi connectivity index (χ3n) is 6.39. The molecular weight excluding hydrogens is 443 g/mol. The number of piperidine rings is 1. The van der Waals surface area contributed by atoms with Crippen molar-refractivity contribution < 1.29 is 13.9 Å². The van der Waals surface area contributed by atoms with E-state index in [2.05, 4.69) is 15.7 Å². The van der Waals surface area contributed by atoms with Crippen LogP contribution < -0.4 is 0 Å². The minimum atomic E-state index is -0.495. The number of imidazole rings is 1. The molecule has 0 bridgehead atoms. The van der Waals surface area contributed by atoms with Crippen LogP contribution in [0.1, 0.15) is 58.2 Å². The summed E-state index contributed by atoms with van der Waals surface area (Å²) in [5.41, 5.74) is 1.13. The molecule has 0 radical (unpaired) electrons. The topological polar surface area (TPSA) is 50.6 Å². The molecule has 0 saturated carbocycles. The summed E-state index contributed by atoms with van der Waals surface area (Å²) in [6, 6.07) is 4.75. The fraction of sp³-hybridized carbons (Fsp3) is 0.600. The molecule has 2 aliphatic heterocycles. The second kappa shape index (κ2) is 10.0. The van der Waals surface area contributed by atoms with Crippen LogP contribution in [0.2, 0.25) is 5.02 Å². The minimum Gasteiger partial charge on any atom is -0.444 e. The zero-order valence-electron chi connectivity index (χ0n) is 19.8. The normalized spacial score (nSPS) is 18.2. The smallest absolute Gasteiger partial charge is 0.410 e. The molecule has 1 aromatic carbocycles. The molecule has 3 heterocycles. The summed E-state index contributed by atoms with van der Waals surface area (Å²) in [5, 5.41) is 0.103. The van der Waals surface area contributed by atoms with Crippen LogP contribution in [-0.4, -0.2) is 63.8 Å². The number of nitrogens with zero attached hydrogens (tertiary/aromatic N) is 4. The number of hydrogen-bond donors (Lipinski definition) is 0. The Labute approximate surface area is 200 Å². The van der Waals surface area contributed by atoms with Crippen molar-refractivity contribution in [2.45, 2.75) is 64.5 Å². The SMILES string of the molecule is CC(C)(C)OC(=O)N1CCC(c2nc(-c3ccc(F)c(Cl)c3)cn2CCN2CCCC2)CC1. The lowest BCUT2D eigenvalue weighted by atomic mass is 9.96. The first-order valence-electron chi connectivity index (χ1n) is 11.9. The van der Waals surface area contributed by atoms with Gasteiger partial charge in [0.25, 0.3) is 0 Å². The van der Waals surface area contributed by atoms with E-state index in [0.29, 0.717) is 13.1 Å².